The molecule has 1 saturated carbocycles. The molecule has 116 valence electrons. The Morgan fingerprint density at radius 1 is 1.33 bits per heavy atom. The maximum absolute atomic E-state index is 12.5. The second kappa shape index (κ2) is 6.26. The summed E-state index contributed by atoms with van der Waals surface area (Å²) >= 11 is 3.46. The maximum Gasteiger partial charge on any atom is 0.414 e. The lowest BCUT2D eigenvalue weighted by Crippen LogP contribution is -2.38. The average molecular weight is 356 g/mol. The van der Waals surface area contributed by atoms with Crippen LogP contribution in [0.3, 0.4) is 0 Å². The van der Waals surface area contributed by atoms with Crippen LogP contribution in [0.25, 0.3) is 0 Å². The van der Waals surface area contributed by atoms with E-state index in [1.165, 1.54) is 12.8 Å². The number of anilines is 1. The molecule has 1 aliphatic rings. The molecule has 0 aromatic heterocycles. The van der Waals surface area contributed by atoms with E-state index in [0.717, 1.165) is 10.2 Å². The molecule has 0 saturated heterocycles. The third-order valence-electron chi connectivity index (χ3n) is 3.16. The number of carbonyl (C=O) groups is 1. The van der Waals surface area contributed by atoms with Gasteiger partial charge in [0.25, 0.3) is 0 Å². The summed E-state index contributed by atoms with van der Waals surface area (Å²) in [6, 6.07) is 5.64. The van der Waals surface area contributed by atoms with E-state index in [-0.39, 0.29) is 6.09 Å². The number of benzene rings is 1. The van der Waals surface area contributed by atoms with E-state index in [1.54, 1.807) is 12.0 Å². The number of nitrogens with zero attached hydrogens (tertiary/aromatic N) is 1. The topological polar surface area (TPSA) is 38.8 Å². The summed E-state index contributed by atoms with van der Waals surface area (Å²) in [5.41, 5.74) is 0.289. The first kappa shape index (κ1) is 16.1. The Bertz CT molecular complexity index is 521. The van der Waals surface area contributed by atoms with E-state index >= 15 is 0 Å². The van der Waals surface area contributed by atoms with Gasteiger partial charge >= 0.3 is 6.09 Å². The number of carbonyl (C=O) groups excluding carboxylic acids is 1. The number of amides is 1. The minimum atomic E-state index is -0.505. The van der Waals surface area contributed by atoms with E-state index in [1.807, 2.05) is 39.0 Å². The molecule has 1 aromatic rings. The van der Waals surface area contributed by atoms with Crippen molar-refractivity contribution >= 4 is 27.7 Å². The summed E-state index contributed by atoms with van der Waals surface area (Å²) in [6.45, 7) is 6.32. The predicted molar refractivity (Wildman–Crippen MR) is 87.0 cm³/mol. The number of hydrogen-bond donors (Lipinski definition) is 0. The highest BCUT2D eigenvalue weighted by molar-refractivity contribution is 9.10. The van der Waals surface area contributed by atoms with Crippen LogP contribution in [0.5, 0.6) is 5.75 Å². The van der Waals surface area contributed by atoms with Gasteiger partial charge in [-0.3, -0.25) is 4.90 Å². The minimum Gasteiger partial charge on any atom is -0.497 e. The quantitative estimate of drug-likeness (QED) is 0.791. The normalized spacial score (nSPS) is 14.7. The number of halogens is 1. The van der Waals surface area contributed by atoms with Crippen LogP contribution in [-0.2, 0) is 4.74 Å². The van der Waals surface area contributed by atoms with Crippen LogP contribution in [0.2, 0.25) is 0 Å². The van der Waals surface area contributed by atoms with E-state index in [9.17, 15) is 4.79 Å². The Morgan fingerprint density at radius 3 is 2.52 bits per heavy atom. The van der Waals surface area contributed by atoms with Gasteiger partial charge in [-0.2, -0.15) is 0 Å². The monoisotopic (exact) mass is 355 g/mol. The van der Waals surface area contributed by atoms with Crippen molar-refractivity contribution in [3.8, 4) is 5.75 Å². The molecule has 0 N–H and O–H groups in total. The standard InChI is InChI=1S/C16H22BrNO3/c1-16(2,3)21-15(19)18(10-11-5-6-11)13-7-12(17)8-14(9-13)20-4/h7-9,11H,5-6,10H2,1-4H3. The summed E-state index contributed by atoms with van der Waals surface area (Å²) in [7, 11) is 1.62. The predicted octanol–water partition coefficient (Wildman–Crippen LogP) is 4.61. The fourth-order valence-corrected chi connectivity index (χ4v) is 2.44. The zero-order chi connectivity index (χ0) is 15.6. The molecule has 1 fully saturated rings. The van der Waals surface area contributed by atoms with Crippen LogP contribution in [0.1, 0.15) is 33.6 Å². The summed E-state index contributed by atoms with van der Waals surface area (Å²) in [4.78, 5) is 14.2. The lowest BCUT2D eigenvalue weighted by molar-refractivity contribution is 0.0578. The van der Waals surface area contributed by atoms with Crippen LogP contribution in [-0.4, -0.2) is 25.3 Å². The molecular weight excluding hydrogens is 334 g/mol. The van der Waals surface area contributed by atoms with Gasteiger partial charge in [0.15, 0.2) is 0 Å². The number of rotatable bonds is 4. The van der Waals surface area contributed by atoms with Crippen molar-refractivity contribution in [3.63, 3.8) is 0 Å². The van der Waals surface area contributed by atoms with Crippen LogP contribution >= 0.6 is 15.9 Å². The average Bonchev–Trinajstić information content (AvgIpc) is 3.16. The molecule has 1 aliphatic carbocycles. The van der Waals surface area contributed by atoms with Crippen molar-refractivity contribution in [2.24, 2.45) is 5.92 Å². The third kappa shape index (κ3) is 4.92. The molecule has 2 rings (SSSR count). The summed E-state index contributed by atoms with van der Waals surface area (Å²) in [6.07, 6.45) is 2.03. The second-order valence-electron chi connectivity index (χ2n) is 6.38. The number of hydrogen-bond acceptors (Lipinski definition) is 3. The molecule has 0 bridgehead atoms. The molecule has 0 aliphatic heterocycles. The molecule has 0 heterocycles. The Morgan fingerprint density at radius 2 is 2.00 bits per heavy atom. The molecule has 1 aromatic carbocycles. The molecule has 0 spiro atoms. The molecule has 4 nitrogen and oxygen atoms in total. The second-order valence-corrected chi connectivity index (χ2v) is 7.30. The van der Waals surface area contributed by atoms with Gasteiger partial charge in [-0.05, 0) is 51.7 Å². The van der Waals surface area contributed by atoms with Crippen molar-refractivity contribution < 1.29 is 14.3 Å². The molecule has 0 unspecified atom stereocenters. The largest absolute Gasteiger partial charge is 0.497 e. The van der Waals surface area contributed by atoms with Crippen molar-refractivity contribution in [2.45, 2.75) is 39.2 Å². The lowest BCUT2D eigenvalue weighted by Gasteiger charge is -2.28. The molecule has 0 atom stereocenters. The van der Waals surface area contributed by atoms with Crippen LogP contribution in [0, 0.1) is 5.92 Å². The van der Waals surface area contributed by atoms with Gasteiger partial charge < -0.3 is 9.47 Å². The molecule has 5 heteroatoms. The maximum atomic E-state index is 12.5. The first-order valence-corrected chi connectivity index (χ1v) is 7.93. The van der Waals surface area contributed by atoms with E-state index in [4.69, 9.17) is 9.47 Å². The smallest absolute Gasteiger partial charge is 0.414 e. The van der Waals surface area contributed by atoms with Crippen molar-refractivity contribution in [1.82, 2.24) is 0 Å². The zero-order valence-corrected chi connectivity index (χ0v) is 14.6. The van der Waals surface area contributed by atoms with Crippen molar-refractivity contribution in [2.75, 3.05) is 18.6 Å². The highest BCUT2D eigenvalue weighted by Gasteiger charge is 2.30. The Labute approximate surface area is 134 Å². The van der Waals surface area contributed by atoms with Gasteiger partial charge in [0, 0.05) is 17.1 Å². The van der Waals surface area contributed by atoms with Crippen LogP contribution in [0.4, 0.5) is 10.5 Å². The summed E-state index contributed by atoms with van der Waals surface area (Å²) in [5, 5.41) is 0. The Kier molecular flexibility index (Phi) is 4.81. The van der Waals surface area contributed by atoms with Crippen LogP contribution < -0.4 is 9.64 Å². The molecule has 0 radical (unpaired) electrons. The fraction of sp³-hybridized carbons (Fsp3) is 0.562. The SMILES string of the molecule is COc1cc(Br)cc(N(CC2CC2)C(=O)OC(C)(C)C)c1. The third-order valence-corrected chi connectivity index (χ3v) is 3.61. The van der Waals surface area contributed by atoms with E-state index in [2.05, 4.69) is 15.9 Å². The van der Waals surface area contributed by atoms with Gasteiger partial charge in [-0.25, -0.2) is 4.79 Å². The van der Waals surface area contributed by atoms with E-state index in [0.29, 0.717) is 18.2 Å². The van der Waals surface area contributed by atoms with Gasteiger partial charge in [0.1, 0.15) is 11.4 Å². The zero-order valence-electron chi connectivity index (χ0n) is 13.0. The minimum absolute atomic E-state index is 0.311. The fourth-order valence-electron chi connectivity index (χ4n) is 1.98. The molecule has 21 heavy (non-hydrogen) atoms. The molecular formula is C16H22BrNO3. The Hall–Kier alpha value is -1.23. The summed E-state index contributed by atoms with van der Waals surface area (Å²) in [5.74, 6) is 1.28. The lowest BCUT2D eigenvalue weighted by atomic mass is 10.2. The summed E-state index contributed by atoms with van der Waals surface area (Å²) < 4.78 is 11.7. The van der Waals surface area contributed by atoms with Gasteiger partial charge in [0.2, 0.25) is 0 Å². The Balaban J connectivity index is 2.26. The number of methoxy groups -OCH3 is 1. The first-order chi connectivity index (χ1) is 9.78. The van der Waals surface area contributed by atoms with Gasteiger partial charge in [0.05, 0.1) is 12.8 Å². The number of ether oxygens (including phenoxy) is 2. The first-order valence-electron chi connectivity index (χ1n) is 7.13. The van der Waals surface area contributed by atoms with Gasteiger partial charge in [-0.15, -0.1) is 0 Å². The van der Waals surface area contributed by atoms with Crippen molar-refractivity contribution in [1.29, 1.82) is 0 Å². The van der Waals surface area contributed by atoms with Gasteiger partial charge in [-0.1, -0.05) is 15.9 Å². The highest BCUT2D eigenvalue weighted by Crippen LogP contribution is 2.34. The van der Waals surface area contributed by atoms with E-state index < -0.39 is 5.60 Å². The molecule has 1 amide bonds. The highest BCUT2D eigenvalue weighted by atomic mass is 79.9. The van der Waals surface area contributed by atoms with Crippen LogP contribution in [0.15, 0.2) is 22.7 Å². The van der Waals surface area contributed by atoms with Crippen molar-refractivity contribution in [3.05, 3.63) is 22.7 Å².